The van der Waals surface area contributed by atoms with E-state index in [4.69, 9.17) is 4.74 Å². The summed E-state index contributed by atoms with van der Waals surface area (Å²) < 4.78 is 5.21. The quantitative estimate of drug-likeness (QED) is 0.806. The first kappa shape index (κ1) is 11.5. The molecule has 1 fully saturated rings. The molecule has 0 saturated carbocycles. The zero-order valence-corrected chi connectivity index (χ0v) is 10.8. The lowest BCUT2D eigenvalue weighted by atomic mass is 9.87. The van der Waals surface area contributed by atoms with Crippen molar-refractivity contribution in [3.63, 3.8) is 0 Å². The Labute approximate surface area is 107 Å². The number of hydrogen-bond acceptors (Lipinski definition) is 3. The van der Waals surface area contributed by atoms with Crippen molar-refractivity contribution >= 4 is 5.91 Å². The van der Waals surface area contributed by atoms with Gasteiger partial charge in [-0.1, -0.05) is 6.07 Å². The molecule has 0 bridgehead atoms. The monoisotopic (exact) mass is 246 g/mol. The molecule has 0 radical (unpaired) electrons. The van der Waals surface area contributed by atoms with E-state index in [9.17, 15) is 4.79 Å². The number of methoxy groups -OCH3 is 1. The molecule has 1 saturated heterocycles. The minimum Gasteiger partial charge on any atom is -0.497 e. The van der Waals surface area contributed by atoms with Gasteiger partial charge in [0.1, 0.15) is 5.75 Å². The Hall–Kier alpha value is -1.55. The van der Waals surface area contributed by atoms with Crippen LogP contribution in [0, 0.1) is 5.92 Å². The molecule has 1 aromatic carbocycles. The first-order valence-corrected chi connectivity index (χ1v) is 6.33. The van der Waals surface area contributed by atoms with Gasteiger partial charge in [0.05, 0.1) is 7.11 Å². The van der Waals surface area contributed by atoms with Gasteiger partial charge >= 0.3 is 0 Å². The number of likely N-dealkylation sites (tertiary alicyclic amines) is 1. The Morgan fingerprint density at radius 1 is 1.39 bits per heavy atom. The summed E-state index contributed by atoms with van der Waals surface area (Å²) in [6.07, 6.45) is 0. The topological polar surface area (TPSA) is 41.6 Å². The fourth-order valence-corrected chi connectivity index (χ4v) is 3.15. The molecule has 0 spiro atoms. The van der Waals surface area contributed by atoms with Crippen molar-refractivity contribution in [2.45, 2.75) is 5.92 Å². The van der Waals surface area contributed by atoms with Crippen LogP contribution in [0.3, 0.4) is 0 Å². The Bertz CT molecular complexity index is 487. The summed E-state index contributed by atoms with van der Waals surface area (Å²) in [5.41, 5.74) is 1.94. The van der Waals surface area contributed by atoms with E-state index in [0.717, 1.165) is 30.9 Å². The van der Waals surface area contributed by atoms with Crippen molar-refractivity contribution in [2.75, 3.05) is 33.8 Å². The molecule has 0 aliphatic carbocycles. The molecule has 2 aliphatic heterocycles. The molecule has 2 heterocycles. The number of nitrogens with one attached hydrogen (secondary N) is 1. The summed E-state index contributed by atoms with van der Waals surface area (Å²) in [5.74, 6) is 1.75. The van der Waals surface area contributed by atoms with E-state index >= 15 is 0 Å². The molecule has 2 atom stereocenters. The molecule has 1 amide bonds. The van der Waals surface area contributed by atoms with Crippen LogP contribution in [0.25, 0.3) is 0 Å². The van der Waals surface area contributed by atoms with Crippen LogP contribution in [0.15, 0.2) is 18.2 Å². The number of likely N-dealkylation sites (N-methyl/N-ethyl adjacent to an activating group) is 1. The second kappa shape index (κ2) is 4.28. The second-order valence-electron chi connectivity index (χ2n) is 5.25. The van der Waals surface area contributed by atoms with Gasteiger partial charge in [0.25, 0.3) is 5.91 Å². The predicted octanol–water partition coefficient (Wildman–Crippen LogP) is 1.08. The van der Waals surface area contributed by atoms with Gasteiger partial charge in [0.2, 0.25) is 0 Å². The number of hydrogen-bond donors (Lipinski definition) is 1. The Morgan fingerprint density at radius 3 is 3.00 bits per heavy atom. The third-order valence-electron chi connectivity index (χ3n) is 4.05. The van der Waals surface area contributed by atoms with Crippen LogP contribution < -0.4 is 10.1 Å². The minimum atomic E-state index is 0.0287. The van der Waals surface area contributed by atoms with Gasteiger partial charge in [-0.25, -0.2) is 0 Å². The largest absolute Gasteiger partial charge is 0.497 e. The fraction of sp³-hybridized carbons (Fsp3) is 0.500. The standard InChI is InChI=1S/C14H18N2O2/c1-16-7-9-6-15-14(17)12-5-10(18-2)3-4-11(12)13(9)8-16/h3-5,9,13H,6-8H2,1-2H3,(H,15,17). The normalized spacial score (nSPS) is 27.1. The maximum atomic E-state index is 12.1. The number of ether oxygens (including phenoxy) is 1. The summed E-state index contributed by atoms with van der Waals surface area (Å²) in [6.45, 7) is 2.85. The molecule has 4 heteroatoms. The van der Waals surface area contributed by atoms with Crippen molar-refractivity contribution in [3.8, 4) is 5.75 Å². The third-order valence-corrected chi connectivity index (χ3v) is 4.05. The molecule has 1 N–H and O–H groups in total. The molecule has 0 aromatic heterocycles. The smallest absolute Gasteiger partial charge is 0.251 e. The first-order valence-electron chi connectivity index (χ1n) is 6.33. The summed E-state index contributed by atoms with van der Waals surface area (Å²) in [7, 11) is 3.77. The van der Waals surface area contributed by atoms with Crippen molar-refractivity contribution in [1.82, 2.24) is 10.2 Å². The minimum absolute atomic E-state index is 0.0287. The number of benzene rings is 1. The van der Waals surface area contributed by atoms with Crippen LogP contribution in [-0.2, 0) is 0 Å². The molecule has 3 rings (SSSR count). The number of nitrogens with zero attached hydrogens (tertiary/aromatic N) is 1. The summed E-state index contributed by atoms with van der Waals surface area (Å²) in [5, 5.41) is 3.02. The number of carbonyl (C=O) groups excluding carboxylic acids is 1. The first-order chi connectivity index (χ1) is 8.69. The van der Waals surface area contributed by atoms with E-state index in [1.54, 1.807) is 7.11 Å². The number of carbonyl (C=O) groups is 1. The van der Waals surface area contributed by atoms with E-state index < -0.39 is 0 Å². The highest BCUT2D eigenvalue weighted by atomic mass is 16.5. The van der Waals surface area contributed by atoms with Crippen LogP contribution >= 0.6 is 0 Å². The maximum Gasteiger partial charge on any atom is 0.251 e. The van der Waals surface area contributed by atoms with E-state index in [1.165, 1.54) is 5.56 Å². The van der Waals surface area contributed by atoms with Gasteiger partial charge in [-0.15, -0.1) is 0 Å². The second-order valence-corrected chi connectivity index (χ2v) is 5.25. The lowest BCUT2D eigenvalue weighted by molar-refractivity contribution is 0.0951. The lowest BCUT2D eigenvalue weighted by Crippen LogP contribution is -2.29. The van der Waals surface area contributed by atoms with Crippen LogP contribution in [0.2, 0.25) is 0 Å². The van der Waals surface area contributed by atoms with Crippen molar-refractivity contribution in [1.29, 1.82) is 0 Å². The summed E-state index contributed by atoms with van der Waals surface area (Å²) in [6, 6.07) is 5.86. The van der Waals surface area contributed by atoms with Gasteiger partial charge in [0, 0.05) is 31.1 Å². The van der Waals surface area contributed by atoms with Gasteiger partial charge in [-0.3, -0.25) is 4.79 Å². The lowest BCUT2D eigenvalue weighted by Gasteiger charge is -2.16. The van der Waals surface area contributed by atoms with Gasteiger partial charge in [-0.05, 0) is 30.7 Å². The zero-order chi connectivity index (χ0) is 12.7. The Balaban J connectivity index is 2.06. The van der Waals surface area contributed by atoms with Crippen molar-refractivity contribution in [2.24, 2.45) is 5.92 Å². The zero-order valence-electron chi connectivity index (χ0n) is 10.8. The van der Waals surface area contributed by atoms with Crippen LogP contribution in [-0.4, -0.2) is 44.6 Å². The molecule has 18 heavy (non-hydrogen) atoms. The third kappa shape index (κ3) is 1.77. The molecular formula is C14H18N2O2. The van der Waals surface area contributed by atoms with Gasteiger partial charge < -0.3 is 15.0 Å². The van der Waals surface area contributed by atoms with Crippen molar-refractivity contribution in [3.05, 3.63) is 29.3 Å². The molecule has 4 nitrogen and oxygen atoms in total. The molecule has 2 aliphatic rings. The molecule has 2 unspecified atom stereocenters. The van der Waals surface area contributed by atoms with E-state index in [-0.39, 0.29) is 5.91 Å². The van der Waals surface area contributed by atoms with E-state index in [1.807, 2.05) is 12.1 Å². The molecule has 96 valence electrons. The molecular weight excluding hydrogens is 228 g/mol. The van der Waals surface area contributed by atoms with Crippen molar-refractivity contribution < 1.29 is 9.53 Å². The molecule has 1 aromatic rings. The van der Waals surface area contributed by atoms with Gasteiger partial charge in [0.15, 0.2) is 0 Å². The average molecular weight is 246 g/mol. The highest BCUT2D eigenvalue weighted by Crippen LogP contribution is 2.36. The highest BCUT2D eigenvalue weighted by molar-refractivity contribution is 5.96. The predicted molar refractivity (Wildman–Crippen MR) is 69.1 cm³/mol. The Kier molecular flexibility index (Phi) is 2.74. The van der Waals surface area contributed by atoms with Crippen LogP contribution in [0.5, 0.6) is 5.75 Å². The summed E-state index contributed by atoms with van der Waals surface area (Å²) >= 11 is 0. The maximum absolute atomic E-state index is 12.1. The van der Waals surface area contributed by atoms with Crippen LogP contribution in [0.1, 0.15) is 21.8 Å². The number of amides is 1. The van der Waals surface area contributed by atoms with Crippen LogP contribution in [0.4, 0.5) is 0 Å². The average Bonchev–Trinajstić information content (AvgIpc) is 2.70. The highest BCUT2D eigenvalue weighted by Gasteiger charge is 2.36. The van der Waals surface area contributed by atoms with Gasteiger partial charge in [-0.2, -0.15) is 0 Å². The SMILES string of the molecule is COc1ccc2c(c1)C(=O)NCC1CN(C)CC21. The number of fused-ring (bicyclic) bond motifs is 3. The summed E-state index contributed by atoms with van der Waals surface area (Å²) in [4.78, 5) is 14.4. The van der Waals surface area contributed by atoms with E-state index in [0.29, 0.717) is 11.8 Å². The Morgan fingerprint density at radius 2 is 2.22 bits per heavy atom. The number of rotatable bonds is 1. The fourth-order valence-electron chi connectivity index (χ4n) is 3.15. The van der Waals surface area contributed by atoms with E-state index in [2.05, 4.69) is 23.3 Å².